The molecule has 0 fully saturated rings. The van der Waals surface area contributed by atoms with E-state index < -0.39 is 11.6 Å². The number of fused-ring (bicyclic) bond motifs is 5. The van der Waals surface area contributed by atoms with Crippen LogP contribution >= 0.6 is 11.9 Å². The minimum absolute atomic E-state index is 0.120. The fraction of sp³-hybridized carbons (Fsp3) is 0.423. The Hall–Kier alpha value is -2.68. The second-order valence-corrected chi connectivity index (χ2v) is 10.0. The van der Waals surface area contributed by atoms with Crippen molar-refractivity contribution >= 4 is 28.8 Å². The lowest BCUT2D eigenvalue weighted by atomic mass is 9.86. The predicted molar refractivity (Wildman–Crippen MR) is 134 cm³/mol. The zero-order valence-electron chi connectivity index (χ0n) is 19.9. The number of hydrogen-bond donors (Lipinski definition) is 1. The topological polar surface area (TPSA) is 84.7 Å². The SMILES string of the molecule is CC[C@@]1(O)C(=O)OCc2c1cc1n(c2=O)Cc2c-1nc1ccccc1c2CCN(SC)C(C)C. The van der Waals surface area contributed by atoms with E-state index in [1.807, 2.05) is 18.2 Å². The van der Waals surface area contributed by atoms with Crippen LogP contribution in [0.1, 0.15) is 49.4 Å². The van der Waals surface area contributed by atoms with Crippen LogP contribution in [0.3, 0.4) is 0 Å². The maximum Gasteiger partial charge on any atom is 0.343 e. The molecule has 0 aliphatic carbocycles. The molecule has 2 aromatic heterocycles. The van der Waals surface area contributed by atoms with Crippen molar-refractivity contribution in [1.29, 1.82) is 0 Å². The molecule has 5 rings (SSSR count). The van der Waals surface area contributed by atoms with E-state index in [2.05, 4.69) is 30.5 Å². The highest BCUT2D eigenvalue weighted by atomic mass is 32.2. The number of aromatic nitrogens is 2. The first-order chi connectivity index (χ1) is 16.3. The maximum absolute atomic E-state index is 13.5. The van der Waals surface area contributed by atoms with E-state index in [1.54, 1.807) is 29.5 Å². The van der Waals surface area contributed by atoms with Gasteiger partial charge in [-0.05, 0) is 50.6 Å². The number of carbonyl (C=O) groups is 1. The Kier molecular flexibility index (Phi) is 5.78. The van der Waals surface area contributed by atoms with Gasteiger partial charge in [-0.15, -0.1) is 0 Å². The molecular weight excluding hydrogens is 450 g/mol. The van der Waals surface area contributed by atoms with Gasteiger partial charge in [-0.1, -0.05) is 37.1 Å². The number of aliphatic hydroxyl groups is 1. The molecule has 3 aromatic rings. The normalized spacial score (nSPS) is 18.9. The Morgan fingerprint density at radius 1 is 1.26 bits per heavy atom. The average Bonchev–Trinajstić information content (AvgIpc) is 3.20. The number of para-hydroxylation sites is 1. The number of carbonyl (C=O) groups excluding carboxylic acids is 1. The number of benzene rings is 1. The molecule has 4 heterocycles. The molecule has 0 unspecified atom stereocenters. The highest BCUT2D eigenvalue weighted by Crippen LogP contribution is 2.40. The molecule has 34 heavy (non-hydrogen) atoms. The molecule has 2 aliphatic heterocycles. The summed E-state index contributed by atoms with van der Waals surface area (Å²) in [6.45, 7) is 7.26. The van der Waals surface area contributed by atoms with Gasteiger partial charge in [-0.25, -0.2) is 14.1 Å². The summed E-state index contributed by atoms with van der Waals surface area (Å²) in [5, 5.41) is 12.2. The molecule has 178 valence electrons. The lowest BCUT2D eigenvalue weighted by Gasteiger charge is -2.31. The molecule has 0 spiro atoms. The van der Waals surface area contributed by atoms with Gasteiger partial charge in [-0.2, -0.15) is 0 Å². The third-order valence-electron chi connectivity index (χ3n) is 7.11. The van der Waals surface area contributed by atoms with Crippen molar-refractivity contribution < 1.29 is 14.6 Å². The van der Waals surface area contributed by atoms with E-state index in [4.69, 9.17) is 9.72 Å². The van der Waals surface area contributed by atoms with Gasteiger partial charge >= 0.3 is 5.97 Å². The zero-order valence-corrected chi connectivity index (χ0v) is 20.7. The Morgan fingerprint density at radius 3 is 2.74 bits per heavy atom. The zero-order chi connectivity index (χ0) is 24.2. The molecule has 0 bridgehead atoms. The van der Waals surface area contributed by atoms with Crippen molar-refractivity contribution in [3.05, 3.63) is 62.9 Å². The molecule has 8 heteroatoms. The van der Waals surface area contributed by atoms with Crippen molar-refractivity contribution in [2.75, 3.05) is 12.8 Å². The van der Waals surface area contributed by atoms with Crippen LogP contribution in [0.2, 0.25) is 0 Å². The number of rotatable bonds is 6. The van der Waals surface area contributed by atoms with Gasteiger partial charge in [0.1, 0.15) is 6.61 Å². The summed E-state index contributed by atoms with van der Waals surface area (Å²) in [5.41, 5.74) is 3.16. The van der Waals surface area contributed by atoms with Gasteiger partial charge in [0, 0.05) is 29.1 Å². The molecule has 7 nitrogen and oxygen atoms in total. The van der Waals surface area contributed by atoms with Gasteiger partial charge in [0.15, 0.2) is 5.60 Å². The second-order valence-electron chi connectivity index (χ2n) is 9.20. The second kappa shape index (κ2) is 8.52. The number of ether oxygens (including phenoxy) is 1. The number of pyridine rings is 2. The quantitative estimate of drug-likeness (QED) is 0.334. The molecule has 0 saturated carbocycles. The summed E-state index contributed by atoms with van der Waals surface area (Å²) in [4.78, 5) is 30.9. The first-order valence-electron chi connectivity index (χ1n) is 11.7. The number of nitrogens with zero attached hydrogens (tertiary/aromatic N) is 3. The first-order valence-corrected chi connectivity index (χ1v) is 12.9. The van der Waals surface area contributed by atoms with E-state index in [9.17, 15) is 14.7 Å². The number of hydrogen-bond acceptors (Lipinski definition) is 7. The van der Waals surface area contributed by atoms with E-state index in [-0.39, 0.29) is 18.6 Å². The summed E-state index contributed by atoms with van der Waals surface area (Å²) in [7, 11) is 0. The molecule has 0 radical (unpaired) electrons. The molecule has 1 atom stereocenters. The minimum Gasteiger partial charge on any atom is -0.458 e. The fourth-order valence-electron chi connectivity index (χ4n) is 5.18. The third-order valence-corrected chi connectivity index (χ3v) is 8.18. The highest BCUT2D eigenvalue weighted by Gasteiger charge is 2.45. The van der Waals surface area contributed by atoms with Crippen LogP contribution in [0.15, 0.2) is 35.1 Å². The van der Waals surface area contributed by atoms with Crippen LogP contribution in [-0.2, 0) is 34.7 Å². The molecular formula is C26H29N3O4S. The number of esters is 1. The van der Waals surface area contributed by atoms with Crippen LogP contribution in [0.5, 0.6) is 0 Å². The minimum atomic E-state index is -1.82. The standard InChI is InChI=1S/C26H29N3O4S/c1-5-26(32)20-12-22-23-18(13-28(22)24(30)19(20)14-33-25(26)31)16(10-11-29(34-4)15(2)3)17-8-6-7-9-21(17)27-23/h6-9,12,15,32H,5,10-11,13-14H2,1-4H3/t26-/m0/s1. The molecule has 2 aliphatic rings. The summed E-state index contributed by atoms with van der Waals surface area (Å²) >= 11 is 1.73. The van der Waals surface area contributed by atoms with Crippen molar-refractivity contribution in [2.24, 2.45) is 0 Å². The van der Waals surface area contributed by atoms with Gasteiger partial charge in [0.2, 0.25) is 0 Å². The summed E-state index contributed by atoms with van der Waals surface area (Å²) < 4.78 is 9.25. The van der Waals surface area contributed by atoms with Crippen molar-refractivity contribution in [3.8, 4) is 11.4 Å². The highest BCUT2D eigenvalue weighted by molar-refractivity contribution is 7.96. The molecule has 1 aromatic carbocycles. The Bertz CT molecular complexity index is 1370. The van der Waals surface area contributed by atoms with Crippen LogP contribution in [0.25, 0.3) is 22.3 Å². The lowest BCUT2D eigenvalue weighted by Crippen LogP contribution is -2.44. The van der Waals surface area contributed by atoms with Crippen molar-refractivity contribution in [2.45, 2.75) is 58.4 Å². The monoisotopic (exact) mass is 479 g/mol. The fourth-order valence-corrected chi connectivity index (χ4v) is 5.88. The van der Waals surface area contributed by atoms with Crippen LogP contribution in [-0.4, -0.2) is 43.8 Å². The van der Waals surface area contributed by atoms with E-state index in [0.717, 1.165) is 35.1 Å². The van der Waals surface area contributed by atoms with Crippen molar-refractivity contribution in [1.82, 2.24) is 13.9 Å². The first kappa shape index (κ1) is 23.1. The van der Waals surface area contributed by atoms with E-state index in [1.165, 1.54) is 5.56 Å². The van der Waals surface area contributed by atoms with E-state index >= 15 is 0 Å². The molecule has 0 saturated heterocycles. The van der Waals surface area contributed by atoms with Gasteiger partial charge in [0.25, 0.3) is 5.56 Å². The van der Waals surface area contributed by atoms with E-state index in [0.29, 0.717) is 29.4 Å². The van der Waals surface area contributed by atoms with Gasteiger partial charge in [0.05, 0.1) is 29.0 Å². The summed E-state index contributed by atoms with van der Waals surface area (Å²) in [5.74, 6) is -0.705. The lowest BCUT2D eigenvalue weighted by molar-refractivity contribution is -0.172. The Morgan fingerprint density at radius 2 is 2.03 bits per heavy atom. The maximum atomic E-state index is 13.5. The smallest absolute Gasteiger partial charge is 0.343 e. The number of cyclic esters (lactones) is 1. The molecule has 1 N–H and O–H groups in total. The van der Waals surface area contributed by atoms with Crippen LogP contribution in [0.4, 0.5) is 0 Å². The van der Waals surface area contributed by atoms with Crippen LogP contribution in [0, 0.1) is 0 Å². The van der Waals surface area contributed by atoms with Gasteiger partial charge < -0.3 is 14.4 Å². The Balaban J connectivity index is 1.70. The third kappa shape index (κ3) is 3.39. The predicted octanol–water partition coefficient (Wildman–Crippen LogP) is 3.61. The van der Waals surface area contributed by atoms with Crippen molar-refractivity contribution in [3.63, 3.8) is 0 Å². The largest absolute Gasteiger partial charge is 0.458 e. The van der Waals surface area contributed by atoms with Gasteiger partial charge in [-0.3, -0.25) is 4.79 Å². The Labute approximate surface area is 202 Å². The summed E-state index contributed by atoms with van der Waals surface area (Å²) in [6.07, 6.45) is 3.05. The molecule has 0 amide bonds. The van der Waals surface area contributed by atoms with Crippen LogP contribution < -0.4 is 5.56 Å². The summed E-state index contributed by atoms with van der Waals surface area (Å²) in [6, 6.07) is 10.3. The average molecular weight is 480 g/mol.